The molecule has 3 rings (SSSR count). The maximum atomic E-state index is 12.3. The number of aromatic nitrogens is 2. The van der Waals surface area contributed by atoms with Crippen molar-refractivity contribution in [1.29, 1.82) is 0 Å². The van der Waals surface area contributed by atoms with Crippen LogP contribution >= 0.6 is 0 Å². The average molecular weight is 336 g/mol. The molecule has 1 heterocycles. The Morgan fingerprint density at radius 1 is 1.04 bits per heavy atom. The summed E-state index contributed by atoms with van der Waals surface area (Å²) in [6.45, 7) is 1.96. The normalized spacial score (nSPS) is 13.0. The summed E-state index contributed by atoms with van der Waals surface area (Å²) < 4.78 is 45.9. The molecule has 0 radical (unpaired) electrons. The zero-order valence-electron chi connectivity index (χ0n) is 13.0. The number of nitrogens with one attached hydrogen (secondary N) is 1. The van der Waals surface area contributed by atoms with Gasteiger partial charge >= 0.3 is 6.36 Å². The van der Waals surface area contributed by atoms with E-state index in [2.05, 4.69) is 14.7 Å². The highest BCUT2D eigenvalue weighted by atomic mass is 19.4. The van der Waals surface area contributed by atoms with E-state index in [9.17, 15) is 13.2 Å². The molecule has 0 amide bonds. The van der Waals surface area contributed by atoms with Crippen LogP contribution in [0, 0.1) is 0 Å². The first-order valence-corrected chi connectivity index (χ1v) is 7.25. The van der Waals surface area contributed by atoms with E-state index in [0.29, 0.717) is 16.9 Å². The summed E-state index contributed by atoms with van der Waals surface area (Å²) in [4.78, 5) is 7.52. The highest BCUT2D eigenvalue weighted by Gasteiger charge is 2.31. The monoisotopic (exact) mass is 336 g/mol. The average Bonchev–Trinajstić information content (AvgIpc) is 2.96. The van der Waals surface area contributed by atoms with Crippen molar-refractivity contribution in [3.8, 4) is 11.5 Å². The van der Waals surface area contributed by atoms with Crippen LogP contribution in [0.25, 0.3) is 11.0 Å². The molecule has 0 saturated carbocycles. The van der Waals surface area contributed by atoms with Crippen molar-refractivity contribution in [3.05, 3.63) is 53.9 Å². The van der Waals surface area contributed by atoms with Crippen LogP contribution in [0.5, 0.6) is 11.5 Å². The van der Waals surface area contributed by atoms with Crippen molar-refractivity contribution in [2.24, 2.45) is 0 Å². The fraction of sp³-hybridized carbons (Fsp3) is 0.235. The Morgan fingerprint density at radius 3 is 2.33 bits per heavy atom. The van der Waals surface area contributed by atoms with Gasteiger partial charge in [0, 0.05) is 12.0 Å². The maximum Gasteiger partial charge on any atom is 0.573 e. The molecule has 1 unspecified atom stereocenters. The minimum atomic E-state index is -4.72. The van der Waals surface area contributed by atoms with Crippen LogP contribution in [0.3, 0.4) is 0 Å². The molecule has 0 aliphatic rings. The fourth-order valence-electron chi connectivity index (χ4n) is 2.46. The zero-order valence-corrected chi connectivity index (χ0v) is 13.0. The Labute approximate surface area is 136 Å². The molecule has 7 heteroatoms. The Hall–Kier alpha value is -2.70. The summed E-state index contributed by atoms with van der Waals surface area (Å²) >= 11 is 0. The number of H-pyrrole nitrogens is 1. The van der Waals surface area contributed by atoms with Crippen molar-refractivity contribution >= 4 is 11.0 Å². The summed E-state index contributed by atoms with van der Waals surface area (Å²) in [6.07, 6.45) is -4.72. The Morgan fingerprint density at radius 2 is 1.71 bits per heavy atom. The summed E-state index contributed by atoms with van der Waals surface area (Å²) in [7, 11) is 1.60. The third-order valence-electron chi connectivity index (χ3n) is 3.73. The Kier molecular flexibility index (Phi) is 4.09. The molecular weight excluding hydrogens is 321 g/mol. The minimum absolute atomic E-state index is 0.0460. The molecule has 0 bridgehead atoms. The van der Waals surface area contributed by atoms with Gasteiger partial charge in [0.05, 0.1) is 18.1 Å². The number of nitrogens with zero attached hydrogens (tertiary/aromatic N) is 1. The van der Waals surface area contributed by atoms with Crippen molar-refractivity contribution in [3.63, 3.8) is 0 Å². The molecule has 0 saturated heterocycles. The third-order valence-corrected chi connectivity index (χ3v) is 3.73. The van der Waals surface area contributed by atoms with Crippen LogP contribution in [-0.2, 0) is 0 Å². The van der Waals surface area contributed by atoms with Gasteiger partial charge in [-0.05, 0) is 29.8 Å². The van der Waals surface area contributed by atoms with Crippen molar-refractivity contribution in [2.75, 3.05) is 7.11 Å². The standard InChI is InChI=1S/C17H15F3N2O2/c1-10(11-3-5-12(23-2)6-4-11)16-21-14-8-7-13(9-15(14)22-16)24-17(18,19)20/h3-10H,1-2H3,(H,21,22). The van der Waals surface area contributed by atoms with E-state index < -0.39 is 6.36 Å². The van der Waals surface area contributed by atoms with Gasteiger partial charge in [-0.15, -0.1) is 13.2 Å². The number of benzene rings is 2. The van der Waals surface area contributed by atoms with E-state index in [1.165, 1.54) is 18.2 Å². The number of alkyl halides is 3. The third kappa shape index (κ3) is 3.45. The Balaban J connectivity index is 1.89. The van der Waals surface area contributed by atoms with Crippen LogP contribution in [0.4, 0.5) is 13.2 Å². The lowest BCUT2D eigenvalue weighted by Crippen LogP contribution is -2.16. The molecular formula is C17H15F3N2O2. The van der Waals surface area contributed by atoms with Gasteiger partial charge in [0.25, 0.3) is 0 Å². The number of rotatable bonds is 4. The van der Waals surface area contributed by atoms with Crippen molar-refractivity contribution in [1.82, 2.24) is 9.97 Å². The van der Waals surface area contributed by atoms with E-state index in [0.717, 1.165) is 11.3 Å². The molecule has 1 atom stereocenters. The first-order chi connectivity index (χ1) is 11.4. The lowest BCUT2D eigenvalue weighted by Gasteiger charge is -2.09. The number of aromatic amines is 1. The molecule has 2 aromatic carbocycles. The van der Waals surface area contributed by atoms with E-state index in [4.69, 9.17) is 4.74 Å². The number of fused-ring (bicyclic) bond motifs is 1. The highest BCUT2D eigenvalue weighted by molar-refractivity contribution is 5.77. The van der Waals surface area contributed by atoms with Gasteiger partial charge in [0.2, 0.25) is 0 Å². The zero-order chi connectivity index (χ0) is 17.3. The van der Waals surface area contributed by atoms with Crippen LogP contribution in [0.2, 0.25) is 0 Å². The number of hydrogen-bond donors (Lipinski definition) is 1. The molecule has 0 fully saturated rings. The van der Waals surface area contributed by atoms with Gasteiger partial charge in [0.1, 0.15) is 17.3 Å². The van der Waals surface area contributed by atoms with Gasteiger partial charge in [0.15, 0.2) is 0 Å². The van der Waals surface area contributed by atoms with E-state index in [-0.39, 0.29) is 11.7 Å². The fourth-order valence-corrected chi connectivity index (χ4v) is 2.46. The molecule has 1 aromatic heterocycles. The molecule has 0 spiro atoms. The number of imidazole rings is 1. The predicted molar refractivity (Wildman–Crippen MR) is 83.3 cm³/mol. The second kappa shape index (κ2) is 6.07. The van der Waals surface area contributed by atoms with Crippen LogP contribution in [-0.4, -0.2) is 23.4 Å². The highest BCUT2D eigenvalue weighted by Crippen LogP contribution is 2.29. The summed E-state index contributed by atoms with van der Waals surface area (Å²) in [5.74, 6) is 1.09. The smallest absolute Gasteiger partial charge is 0.497 e. The van der Waals surface area contributed by atoms with E-state index in [1.807, 2.05) is 31.2 Å². The topological polar surface area (TPSA) is 47.1 Å². The minimum Gasteiger partial charge on any atom is -0.497 e. The lowest BCUT2D eigenvalue weighted by molar-refractivity contribution is -0.274. The predicted octanol–water partition coefficient (Wildman–Crippen LogP) is 4.62. The van der Waals surface area contributed by atoms with Gasteiger partial charge in [-0.1, -0.05) is 19.1 Å². The van der Waals surface area contributed by atoms with Gasteiger partial charge in [-0.2, -0.15) is 0 Å². The largest absolute Gasteiger partial charge is 0.573 e. The first kappa shape index (κ1) is 16.2. The number of ether oxygens (including phenoxy) is 2. The van der Waals surface area contributed by atoms with Crippen molar-refractivity contribution < 1.29 is 22.6 Å². The van der Waals surface area contributed by atoms with E-state index >= 15 is 0 Å². The van der Waals surface area contributed by atoms with Crippen LogP contribution in [0.1, 0.15) is 24.2 Å². The van der Waals surface area contributed by atoms with Gasteiger partial charge in [-0.25, -0.2) is 4.98 Å². The molecule has 0 aliphatic heterocycles. The number of methoxy groups -OCH3 is 1. The second-order valence-corrected chi connectivity index (χ2v) is 5.34. The summed E-state index contributed by atoms with van der Waals surface area (Å²) in [5, 5.41) is 0. The quantitative estimate of drug-likeness (QED) is 0.756. The molecule has 4 nitrogen and oxygen atoms in total. The second-order valence-electron chi connectivity index (χ2n) is 5.34. The molecule has 1 N–H and O–H groups in total. The number of hydrogen-bond acceptors (Lipinski definition) is 3. The summed E-state index contributed by atoms with van der Waals surface area (Å²) in [5.41, 5.74) is 2.09. The van der Waals surface area contributed by atoms with Gasteiger partial charge in [-0.3, -0.25) is 0 Å². The SMILES string of the molecule is COc1ccc(C(C)c2nc3cc(OC(F)(F)F)ccc3[nH]2)cc1. The Bertz CT molecular complexity index is 841. The van der Waals surface area contributed by atoms with Crippen molar-refractivity contribution in [2.45, 2.75) is 19.2 Å². The molecule has 0 aliphatic carbocycles. The van der Waals surface area contributed by atoms with Crippen LogP contribution < -0.4 is 9.47 Å². The molecule has 24 heavy (non-hydrogen) atoms. The van der Waals surface area contributed by atoms with E-state index in [1.54, 1.807) is 7.11 Å². The molecule has 3 aromatic rings. The maximum absolute atomic E-state index is 12.3. The number of halogens is 3. The lowest BCUT2D eigenvalue weighted by atomic mass is 10.0. The molecule has 126 valence electrons. The summed E-state index contributed by atoms with van der Waals surface area (Å²) in [6, 6.07) is 11.6. The van der Waals surface area contributed by atoms with Gasteiger partial charge < -0.3 is 14.5 Å². The first-order valence-electron chi connectivity index (χ1n) is 7.25. The van der Waals surface area contributed by atoms with Crippen LogP contribution in [0.15, 0.2) is 42.5 Å².